The molecule has 0 saturated carbocycles. The van der Waals surface area contributed by atoms with Crippen molar-refractivity contribution < 1.29 is 24.5 Å². The van der Waals surface area contributed by atoms with Crippen LogP contribution in [0.2, 0.25) is 0 Å². The third kappa shape index (κ3) is 2.46. The highest BCUT2D eigenvalue weighted by Crippen LogP contribution is 2.46. The molecule has 2 aromatic rings. The van der Waals surface area contributed by atoms with E-state index in [1.165, 1.54) is 13.2 Å². The van der Waals surface area contributed by atoms with E-state index in [2.05, 4.69) is 0 Å². The maximum atomic E-state index is 13.2. The van der Waals surface area contributed by atoms with Crippen LogP contribution in [0.4, 0.5) is 0 Å². The van der Waals surface area contributed by atoms with Crippen molar-refractivity contribution in [3.63, 3.8) is 0 Å². The molecule has 1 atom stereocenters. The van der Waals surface area contributed by atoms with Gasteiger partial charge in [-0.1, -0.05) is 45.0 Å². The summed E-state index contributed by atoms with van der Waals surface area (Å²) in [6, 6.07) is 9.96. The van der Waals surface area contributed by atoms with Gasteiger partial charge in [-0.3, -0.25) is 9.59 Å². The van der Waals surface area contributed by atoms with E-state index < -0.39 is 16.8 Å². The Hall–Kier alpha value is -2.82. The lowest BCUT2D eigenvalue weighted by Gasteiger charge is -2.28. The molecule has 0 radical (unpaired) electrons. The first-order chi connectivity index (χ1) is 12.1. The quantitative estimate of drug-likeness (QED) is 0.491. The summed E-state index contributed by atoms with van der Waals surface area (Å²) in [6.45, 7) is 5.63. The Morgan fingerprint density at radius 2 is 1.81 bits per heavy atom. The lowest BCUT2D eigenvalue weighted by molar-refractivity contribution is -0.145. The summed E-state index contributed by atoms with van der Waals surface area (Å²) in [5, 5.41) is 20.5. The third-order valence-corrected chi connectivity index (χ3v) is 5.03. The summed E-state index contributed by atoms with van der Waals surface area (Å²) in [5.74, 6) is -1.64. The Morgan fingerprint density at radius 3 is 2.38 bits per heavy atom. The Labute approximate surface area is 152 Å². The number of ether oxygens (including phenoxy) is 1. The van der Waals surface area contributed by atoms with E-state index >= 15 is 0 Å². The Kier molecular flexibility index (Phi) is 4.06. The van der Waals surface area contributed by atoms with Gasteiger partial charge in [0.15, 0.2) is 22.7 Å². The van der Waals surface area contributed by atoms with Crippen LogP contribution in [-0.4, -0.2) is 29.1 Å². The maximum absolute atomic E-state index is 13.2. The van der Waals surface area contributed by atoms with Gasteiger partial charge in [0.05, 0.1) is 7.11 Å². The first kappa shape index (κ1) is 18.0. The van der Waals surface area contributed by atoms with E-state index in [9.17, 15) is 19.8 Å². The van der Waals surface area contributed by atoms with E-state index in [-0.39, 0.29) is 23.7 Å². The van der Waals surface area contributed by atoms with Gasteiger partial charge in [-0.2, -0.15) is 0 Å². The number of benzene rings is 2. The molecule has 2 aromatic carbocycles. The number of rotatable bonds is 2. The van der Waals surface area contributed by atoms with Gasteiger partial charge < -0.3 is 14.9 Å². The van der Waals surface area contributed by atoms with Crippen LogP contribution in [0.25, 0.3) is 0 Å². The number of phenolic OH excluding ortho intramolecular Hbond substituents is 2. The molecular formula is C21H22O5. The predicted molar refractivity (Wildman–Crippen MR) is 96.6 cm³/mol. The average molecular weight is 354 g/mol. The Morgan fingerprint density at radius 1 is 1.15 bits per heavy atom. The van der Waals surface area contributed by atoms with Crippen LogP contribution in [0.15, 0.2) is 36.4 Å². The molecule has 0 bridgehead atoms. The molecule has 0 spiro atoms. The number of carbonyl (C=O) groups excluding carboxylic acids is 2. The number of hydrogen-bond donors (Lipinski definition) is 2. The normalized spacial score (nSPS) is 19.3. The van der Waals surface area contributed by atoms with Crippen LogP contribution in [0.3, 0.4) is 0 Å². The first-order valence-corrected chi connectivity index (χ1v) is 8.41. The summed E-state index contributed by atoms with van der Waals surface area (Å²) in [4.78, 5) is 26.0. The van der Waals surface area contributed by atoms with E-state index in [0.717, 1.165) is 5.56 Å². The van der Waals surface area contributed by atoms with Crippen LogP contribution < -0.4 is 0 Å². The molecule has 0 amide bonds. The number of aromatic hydroxyl groups is 2. The standard InChI is InChI=1S/C21H22O5/c1-20(2,3)15-9-13(10-16(22)17(15)23)21(19(25)26-4)11-12-7-5-6-8-14(12)18(21)24/h5-10,22-23H,11H2,1-4H3. The molecule has 5 nitrogen and oxygen atoms in total. The lowest BCUT2D eigenvalue weighted by Crippen LogP contribution is -2.43. The number of carbonyl (C=O) groups is 2. The van der Waals surface area contributed by atoms with E-state index in [0.29, 0.717) is 16.7 Å². The first-order valence-electron chi connectivity index (χ1n) is 8.41. The van der Waals surface area contributed by atoms with E-state index in [1.807, 2.05) is 32.9 Å². The van der Waals surface area contributed by atoms with Crippen molar-refractivity contribution in [2.75, 3.05) is 7.11 Å². The fourth-order valence-corrected chi connectivity index (χ4v) is 3.62. The molecule has 1 unspecified atom stereocenters. The molecule has 1 aliphatic rings. The highest BCUT2D eigenvalue weighted by Gasteiger charge is 2.54. The summed E-state index contributed by atoms with van der Waals surface area (Å²) in [5.41, 5.74) is -0.0478. The number of esters is 1. The lowest BCUT2D eigenvalue weighted by atomic mass is 9.74. The van der Waals surface area contributed by atoms with E-state index in [4.69, 9.17) is 4.74 Å². The van der Waals surface area contributed by atoms with Gasteiger partial charge in [0.25, 0.3) is 0 Å². The van der Waals surface area contributed by atoms with Gasteiger partial charge in [0, 0.05) is 17.5 Å². The molecule has 2 N–H and O–H groups in total. The van der Waals surface area contributed by atoms with Crippen LogP contribution in [0.1, 0.15) is 47.8 Å². The zero-order chi connectivity index (χ0) is 19.3. The zero-order valence-electron chi connectivity index (χ0n) is 15.3. The Bertz CT molecular complexity index is 907. The van der Waals surface area contributed by atoms with Crippen LogP contribution in [0, 0.1) is 0 Å². The Balaban J connectivity index is 2.29. The molecule has 3 rings (SSSR count). The molecule has 136 valence electrons. The minimum absolute atomic E-state index is 0.155. The number of hydrogen-bond acceptors (Lipinski definition) is 5. The number of methoxy groups -OCH3 is 1. The molecule has 0 fully saturated rings. The van der Waals surface area contributed by atoms with Gasteiger partial charge in [0.2, 0.25) is 0 Å². The minimum Gasteiger partial charge on any atom is -0.504 e. The fraction of sp³-hybridized carbons (Fsp3) is 0.333. The topological polar surface area (TPSA) is 83.8 Å². The second kappa shape index (κ2) is 5.87. The summed E-state index contributed by atoms with van der Waals surface area (Å²) >= 11 is 0. The molecule has 26 heavy (non-hydrogen) atoms. The number of fused-ring (bicyclic) bond motifs is 1. The van der Waals surface area contributed by atoms with Gasteiger partial charge in [-0.05, 0) is 28.7 Å². The maximum Gasteiger partial charge on any atom is 0.324 e. The molecule has 5 heteroatoms. The average Bonchev–Trinajstić information content (AvgIpc) is 2.89. The van der Waals surface area contributed by atoms with Gasteiger partial charge in [0.1, 0.15) is 0 Å². The van der Waals surface area contributed by atoms with Crippen molar-refractivity contribution in [2.45, 2.75) is 38.0 Å². The number of phenols is 2. The fourth-order valence-electron chi connectivity index (χ4n) is 3.62. The molecule has 0 aliphatic heterocycles. The molecule has 1 aliphatic carbocycles. The van der Waals surface area contributed by atoms with Crippen molar-refractivity contribution in [1.29, 1.82) is 0 Å². The molecular weight excluding hydrogens is 332 g/mol. The summed E-state index contributed by atoms with van der Waals surface area (Å²) in [7, 11) is 1.24. The van der Waals surface area contributed by atoms with Crippen LogP contribution in [-0.2, 0) is 26.8 Å². The smallest absolute Gasteiger partial charge is 0.324 e. The van der Waals surface area contributed by atoms with Crippen molar-refractivity contribution in [2.24, 2.45) is 0 Å². The van der Waals surface area contributed by atoms with Gasteiger partial charge >= 0.3 is 5.97 Å². The number of Topliss-reactive ketones (excluding diaryl/α,β-unsaturated/α-hetero) is 1. The third-order valence-electron chi connectivity index (χ3n) is 5.03. The molecule has 0 heterocycles. The van der Waals surface area contributed by atoms with Crippen molar-refractivity contribution in [3.05, 3.63) is 58.7 Å². The van der Waals surface area contributed by atoms with Crippen molar-refractivity contribution >= 4 is 11.8 Å². The predicted octanol–water partition coefficient (Wildman–Crippen LogP) is 3.25. The zero-order valence-corrected chi connectivity index (χ0v) is 15.3. The van der Waals surface area contributed by atoms with Crippen LogP contribution >= 0.6 is 0 Å². The summed E-state index contributed by atoms with van der Waals surface area (Å²) < 4.78 is 4.99. The highest BCUT2D eigenvalue weighted by molar-refractivity contribution is 6.20. The van der Waals surface area contributed by atoms with Crippen molar-refractivity contribution in [3.8, 4) is 11.5 Å². The van der Waals surface area contributed by atoms with E-state index in [1.54, 1.807) is 18.2 Å². The molecule has 0 aromatic heterocycles. The van der Waals surface area contributed by atoms with Gasteiger partial charge in [-0.15, -0.1) is 0 Å². The van der Waals surface area contributed by atoms with Crippen molar-refractivity contribution in [1.82, 2.24) is 0 Å². The second-order valence-corrected chi connectivity index (χ2v) is 7.70. The molecule has 0 saturated heterocycles. The SMILES string of the molecule is COC(=O)C1(c2cc(O)c(O)c(C(C)(C)C)c2)Cc2ccccc2C1=O. The number of ketones is 1. The second-order valence-electron chi connectivity index (χ2n) is 7.70. The van der Waals surface area contributed by atoms with Crippen LogP contribution in [0.5, 0.6) is 11.5 Å². The van der Waals surface area contributed by atoms with Gasteiger partial charge in [-0.25, -0.2) is 0 Å². The largest absolute Gasteiger partial charge is 0.504 e. The highest BCUT2D eigenvalue weighted by atomic mass is 16.5. The minimum atomic E-state index is -1.57. The summed E-state index contributed by atoms with van der Waals surface area (Å²) in [6.07, 6.45) is 0.155. The monoisotopic (exact) mass is 354 g/mol.